The van der Waals surface area contributed by atoms with Crippen molar-refractivity contribution in [2.75, 3.05) is 26.0 Å². The number of hydrogen-bond donors (Lipinski definition) is 1. The molecule has 0 bridgehead atoms. The molecule has 0 saturated carbocycles. The summed E-state index contributed by atoms with van der Waals surface area (Å²) < 4.78 is 26.4. The number of aliphatic hydroxyl groups excluding tert-OH is 1. The SMILES string of the molecule is CCOC(=O)C(O)CP(=O)(OCC)OCC. The second-order valence-corrected chi connectivity index (χ2v) is 5.00. The maximum absolute atomic E-state index is 11.9. The Balaban J connectivity index is 4.38. The highest BCUT2D eigenvalue weighted by Crippen LogP contribution is 2.48. The van der Waals surface area contributed by atoms with Crippen LogP contribution in [0.2, 0.25) is 0 Å². The Bertz CT molecular complexity index is 244. The second-order valence-electron chi connectivity index (χ2n) is 2.90. The van der Waals surface area contributed by atoms with Gasteiger partial charge in [0.15, 0.2) is 6.10 Å². The fraction of sp³-hybridized carbons (Fsp3) is 0.889. The highest BCUT2D eigenvalue weighted by atomic mass is 31.2. The lowest BCUT2D eigenvalue weighted by Gasteiger charge is -2.19. The molecule has 0 aromatic carbocycles. The molecule has 0 aliphatic rings. The van der Waals surface area contributed by atoms with Crippen molar-refractivity contribution in [1.82, 2.24) is 0 Å². The predicted molar refractivity (Wildman–Crippen MR) is 58.4 cm³/mol. The number of ether oxygens (including phenoxy) is 1. The topological polar surface area (TPSA) is 82.1 Å². The Morgan fingerprint density at radius 1 is 1.19 bits per heavy atom. The molecule has 6 nitrogen and oxygen atoms in total. The van der Waals surface area contributed by atoms with Gasteiger partial charge in [-0.25, -0.2) is 4.79 Å². The van der Waals surface area contributed by atoms with Crippen molar-refractivity contribution in [2.45, 2.75) is 26.9 Å². The van der Waals surface area contributed by atoms with Crippen LogP contribution in [0.25, 0.3) is 0 Å². The normalized spacial score (nSPS) is 13.5. The molecule has 0 aromatic heterocycles. The second kappa shape index (κ2) is 7.79. The van der Waals surface area contributed by atoms with Crippen LogP contribution in [0.15, 0.2) is 0 Å². The summed E-state index contributed by atoms with van der Waals surface area (Å²) in [5.74, 6) is -0.817. The fourth-order valence-electron chi connectivity index (χ4n) is 1.06. The standard InChI is InChI=1S/C9H19O6P/c1-4-13-9(11)8(10)7-16(12,14-5-2)15-6-3/h8,10H,4-7H2,1-3H3. The van der Waals surface area contributed by atoms with Gasteiger partial charge in [0, 0.05) is 0 Å². The van der Waals surface area contributed by atoms with Gasteiger partial charge in [-0.05, 0) is 20.8 Å². The third-order valence-electron chi connectivity index (χ3n) is 1.61. The van der Waals surface area contributed by atoms with E-state index in [-0.39, 0.29) is 26.0 Å². The molecule has 1 atom stereocenters. The van der Waals surface area contributed by atoms with E-state index in [0.717, 1.165) is 0 Å². The average molecular weight is 254 g/mol. The van der Waals surface area contributed by atoms with Gasteiger partial charge in [0.05, 0.1) is 26.0 Å². The van der Waals surface area contributed by atoms with Gasteiger partial charge >= 0.3 is 13.6 Å². The zero-order chi connectivity index (χ0) is 12.6. The van der Waals surface area contributed by atoms with Crippen LogP contribution in [0, 0.1) is 0 Å². The highest BCUT2D eigenvalue weighted by molar-refractivity contribution is 7.53. The van der Waals surface area contributed by atoms with Crippen molar-refractivity contribution in [1.29, 1.82) is 0 Å². The minimum atomic E-state index is -3.40. The Hall–Kier alpha value is -0.420. The molecule has 0 aromatic rings. The summed E-state index contributed by atoms with van der Waals surface area (Å²) in [7, 11) is -3.40. The van der Waals surface area contributed by atoms with E-state index in [1.165, 1.54) is 0 Å². The molecule has 0 saturated heterocycles. The first kappa shape index (κ1) is 15.6. The maximum Gasteiger partial charge on any atom is 0.335 e. The van der Waals surface area contributed by atoms with Crippen LogP contribution < -0.4 is 0 Å². The van der Waals surface area contributed by atoms with E-state index in [1.54, 1.807) is 20.8 Å². The number of esters is 1. The molecule has 7 heteroatoms. The fourth-order valence-corrected chi connectivity index (χ4v) is 2.71. The van der Waals surface area contributed by atoms with Crippen LogP contribution in [0.4, 0.5) is 0 Å². The van der Waals surface area contributed by atoms with Crippen LogP contribution in [-0.4, -0.2) is 43.2 Å². The smallest absolute Gasteiger partial charge is 0.335 e. The monoisotopic (exact) mass is 254 g/mol. The Labute approximate surface area is 95.4 Å². The maximum atomic E-state index is 11.9. The molecule has 0 spiro atoms. The van der Waals surface area contributed by atoms with Crippen LogP contribution >= 0.6 is 7.60 Å². The van der Waals surface area contributed by atoms with Crippen molar-refractivity contribution in [3.63, 3.8) is 0 Å². The minimum Gasteiger partial charge on any atom is -0.464 e. The van der Waals surface area contributed by atoms with E-state index in [9.17, 15) is 14.5 Å². The lowest BCUT2D eigenvalue weighted by atomic mass is 10.4. The number of carbonyl (C=O) groups excluding carboxylic acids is 1. The molecule has 0 amide bonds. The molecule has 1 unspecified atom stereocenters. The van der Waals surface area contributed by atoms with E-state index in [1.807, 2.05) is 0 Å². The highest BCUT2D eigenvalue weighted by Gasteiger charge is 2.31. The largest absolute Gasteiger partial charge is 0.464 e. The van der Waals surface area contributed by atoms with Gasteiger partial charge in [0.25, 0.3) is 0 Å². The van der Waals surface area contributed by atoms with E-state index < -0.39 is 19.7 Å². The molecule has 0 fully saturated rings. The van der Waals surface area contributed by atoms with E-state index >= 15 is 0 Å². The number of carbonyl (C=O) groups is 1. The van der Waals surface area contributed by atoms with Crippen LogP contribution in [0.1, 0.15) is 20.8 Å². The molecular formula is C9H19O6P. The number of hydrogen-bond acceptors (Lipinski definition) is 6. The third kappa shape index (κ3) is 5.61. The van der Waals surface area contributed by atoms with Crippen LogP contribution in [-0.2, 0) is 23.1 Å². The van der Waals surface area contributed by atoms with E-state index in [0.29, 0.717) is 0 Å². The third-order valence-corrected chi connectivity index (χ3v) is 3.70. The quantitative estimate of drug-likeness (QED) is 0.517. The Morgan fingerprint density at radius 2 is 1.69 bits per heavy atom. The Kier molecular flexibility index (Phi) is 7.58. The summed E-state index contributed by atoms with van der Waals surface area (Å²) in [6, 6.07) is 0. The molecule has 0 aliphatic carbocycles. The van der Waals surface area contributed by atoms with Gasteiger partial charge < -0.3 is 18.9 Å². The van der Waals surface area contributed by atoms with Crippen molar-refractivity contribution >= 4 is 13.6 Å². The summed E-state index contributed by atoms with van der Waals surface area (Å²) in [5.41, 5.74) is 0. The average Bonchev–Trinajstić information content (AvgIpc) is 2.18. The Morgan fingerprint density at radius 3 is 2.06 bits per heavy atom. The first-order valence-electron chi connectivity index (χ1n) is 5.21. The summed E-state index contributed by atoms with van der Waals surface area (Å²) in [5, 5.41) is 9.43. The van der Waals surface area contributed by atoms with Crippen LogP contribution in [0.5, 0.6) is 0 Å². The summed E-state index contributed by atoms with van der Waals surface area (Å²) in [6.45, 7) is 5.46. The predicted octanol–water partition coefficient (Wildman–Crippen LogP) is 1.18. The first-order chi connectivity index (χ1) is 7.49. The zero-order valence-corrected chi connectivity index (χ0v) is 10.7. The molecule has 16 heavy (non-hydrogen) atoms. The van der Waals surface area contributed by atoms with Gasteiger partial charge in [-0.2, -0.15) is 0 Å². The number of rotatable bonds is 8. The lowest BCUT2D eigenvalue weighted by molar-refractivity contribution is -0.151. The van der Waals surface area contributed by atoms with Crippen molar-refractivity contribution in [2.24, 2.45) is 0 Å². The van der Waals surface area contributed by atoms with Crippen molar-refractivity contribution in [3.8, 4) is 0 Å². The van der Waals surface area contributed by atoms with Gasteiger partial charge in [-0.3, -0.25) is 4.57 Å². The van der Waals surface area contributed by atoms with E-state index in [2.05, 4.69) is 4.74 Å². The van der Waals surface area contributed by atoms with Gasteiger partial charge in [0.2, 0.25) is 0 Å². The van der Waals surface area contributed by atoms with Crippen molar-refractivity contribution in [3.05, 3.63) is 0 Å². The number of aliphatic hydroxyl groups is 1. The van der Waals surface area contributed by atoms with Crippen molar-refractivity contribution < 1.29 is 28.3 Å². The summed E-state index contributed by atoms with van der Waals surface area (Å²) in [6.07, 6.45) is -1.86. The molecule has 1 N–H and O–H groups in total. The molecule has 0 aliphatic heterocycles. The summed E-state index contributed by atoms with van der Waals surface area (Å²) >= 11 is 0. The molecule has 0 rings (SSSR count). The van der Waals surface area contributed by atoms with Gasteiger partial charge in [0.1, 0.15) is 0 Å². The van der Waals surface area contributed by atoms with Crippen LogP contribution in [0.3, 0.4) is 0 Å². The first-order valence-corrected chi connectivity index (χ1v) is 6.94. The molecule has 0 radical (unpaired) electrons. The van der Waals surface area contributed by atoms with E-state index in [4.69, 9.17) is 9.05 Å². The molecule has 0 heterocycles. The molecule has 96 valence electrons. The molecular weight excluding hydrogens is 235 g/mol. The zero-order valence-electron chi connectivity index (χ0n) is 9.84. The van der Waals surface area contributed by atoms with Gasteiger partial charge in [-0.1, -0.05) is 0 Å². The minimum absolute atomic E-state index is 0.156. The van der Waals surface area contributed by atoms with Gasteiger partial charge in [-0.15, -0.1) is 0 Å². The summed E-state index contributed by atoms with van der Waals surface area (Å²) in [4.78, 5) is 11.1. The lowest BCUT2D eigenvalue weighted by Crippen LogP contribution is -2.27.